The predicted octanol–water partition coefficient (Wildman–Crippen LogP) is 1.57. The van der Waals surface area contributed by atoms with E-state index in [2.05, 4.69) is 27.9 Å². The number of aryl methyl sites for hydroxylation is 3. The van der Waals surface area contributed by atoms with Crippen LogP contribution in [0.15, 0.2) is 24.7 Å². The van der Waals surface area contributed by atoms with Crippen LogP contribution in [0.2, 0.25) is 0 Å². The Morgan fingerprint density at radius 3 is 2.87 bits per heavy atom. The molecule has 3 aromatic heterocycles. The molecule has 0 radical (unpaired) electrons. The zero-order valence-electron chi connectivity index (χ0n) is 13.6. The van der Waals surface area contributed by atoms with E-state index in [9.17, 15) is 4.79 Å². The summed E-state index contributed by atoms with van der Waals surface area (Å²) in [5, 5.41) is 8.82. The predicted molar refractivity (Wildman–Crippen MR) is 85.4 cm³/mol. The van der Waals surface area contributed by atoms with Gasteiger partial charge in [0.2, 0.25) is 0 Å². The summed E-state index contributed by atoms with van der Waals surface area (Å²) < 4.78 is 5.72. The molecule has 4 rings (SSSR count). The van der Waals surface area contributed by atoms with E-state index in [0.717, 1.165) is 30.0 Å². The first-order chi connectivity index (χ1) is 11.0. The second kappa shape index (κ2) is 4.97. The summed E-state index contributed by atoms with van der Waals surface area (Å²) in [5.74, 6) is 0.0471. The summed E-state index contributed by atoms with van der Waals surface area (Å²) in [6, 6.07) is 2.34. The highest BCUT2D eigenvalue weighted by Gasteiger charge is 2.31. The molecule has 1 unspecified atom stereocenters. The highest BCUT2D eigenvalue weighted by Crippen LogP contribution is 2.25. The largest absolute Gasteiger partial charge is 0.336 e. The molecule has 1 saturated heterocycles. The number of fused-ring (bicyclic) bond motifs is 1. The van der Waals surface area contributed by atoms with Crippen LogP contribution in [0.3, 0.4) is 0 Å². The third-order valence-corrected chi connectivity index (χ3v) is 4.61. The van der Waals surface area contributed by atoms with Gasteiger partial charge in [-0.05, 0) is 26.3 Å². The fraction of sp³-hybridized carbons (Fsp3) is 0.438. The maximum atomic E-state index is 12.9. The first kappa shape index (κ1) is 14.0. The van der Waals surface area contributed by atoms with Crippen molar-refractivity contribution in [3.8, 4) is 0 Å². The highest BCUT2D eigenvalue weighted by molar-refractivity contribution is 6.00. The van der Waals surface area contributed by atoms with Crippen molar-refractivity contribution in [2.75, 3.05) is 13.1 Å². The van der Waals surface area contributed by atoms with Crippen molar-refractivity contribution in [3.05, 3.63) is 41.6 Å². The molecule has 120 valence electrons. The number of carbonyl (C=O) groups excluding carboxylic acids is 1. The quantitative estimate of drug-likeness (QED) is 0.722. The van der Waals surface area contributed by atoms with Crippen LogP contribution in [-0.4, -0.2) is 47.9 Å². The molecular formula is C16H20N6O. The summed E-state index contributed by atoms with van der Waals surface area (Å²) in [6.07, 6.45) is 6.36. The number of aromatic nitrogens is 5. The second-order valence-corrected chi connectivity index (χ2v) is 6.30. The van der Waals surface area contributed by atoms with Crippen LogP contribution in [0, 0.1) is 13.8 Å². The lowest BCUT2D eigenvalue weighted by atomic mass is 10.2. The Kier molecular flexibility index (Phi) is 3.04. The van der Waals surface area contributed by atoms with Gasteiger partial charge in [0.05, 0.1) is 17.9 Å². The van der Waals surface area contributed by atoms with Gasteiger partial charge < -0.3 is 9.47 Å². The molecule has 4 heterocycles. The molecule has 0 saturated carbocycles. The van der Waals surface area contributed by atoms with E-state index in [0.29, 0.717) is 12.1 Å². The Balaban J connectivity index is 1.59. The van der Waals surface area contributed by atoms with Gasteiger partial charge in [0.1, 0.15) is 11.2 Å². The Bertz CT molecular complexity index is 886. The Hall–Kier alpha value is -2.57. The summed E-state index contributed by atoms with van der Waals surface area (Å²) in [6.45, 7) is 5.52. The summed E-state index contributed by atoms with van der Waals surface area (Å²) in [5.41, 5.74) is 3.67. The van der Waals surface area contributed by atoms with E-state index in [1.165, 1.54) is 0 Å². The lowest BCUT2D eigenvalue weighted by Gasteiger charge is -2.17. The SMILES string of the molecule is Cc1cc(C)n(C2CCN(C(=O)c3cnn4ccn(C)c34)C2)n1. The average molecular weight is 312 g/mol. The first-order valence-electron chi connectivity index (χ1n) is 7.85. The molecule has 1 aliphatic rings. The van der Waals surface area contributed by atoms with Crippen LogP contribution in [0.1, 0.15) is 34.2 Å². The van der Waals surface area contributed by atoms with Crippen LogP contribution < -0.4 is 0 Å². The zero-order chi connectivity index (χ0) is 16.1. The topological polar surface area (TPSA) is 60.4 Å². The van der Waals surface area contributed by atoms with Crippen LogP contribution >= 0.6 is 0 Å². The van der Waals surface area contributed by atoms with Crippen molar-refractivity contribution in [3.63, 3.8) is 0 Å². The first-order valence-corrected chi connectivity index (χ1v) is 7.85. The molecule has 0 aromatic carbocycles. The van der Waals surface area contributed by atoms with Crippen molar-refractivity contribution < 1.29 is 4.79 Å². The van der Waals surface area contributed by atoms with Gasteiger partial charge in [-0.3, -0.25) is 9.48 Å². The van der Waals surface area contributed by atoms with Gasteiger partial charge in [0, 0.05) is 38.2 Å². The fourth-order valence-electron chi connectivity index (χ4n) is 3.51. The van der Waals surface area contributed by atoms with Crippen LogP contribution in [0.25, 0.3) is 5.65 Å². The minimum Gasteiger partial charge on any atom is -0.336 e. The third kappa shape index (κ3) is 2.15. The van der Waals surface area contributed by atoms with Crippen molar-refractivity contribution >= 4 is 11.6 Å². The van der Waals surface area contributed by atoms with Gasteiger partial charge in [-0.2, -0.15) is 10.2 Å². The number of nitrogens with zero attached hydrogens (tertiary/aromatic N) is 6. The van der Waals surface area contributed by atoms with Crippen molar-refractivity contribution in [1.82, 2.24) is 28.9 Å². The van der Waals surface area contributed by atoms with Gasteiger partial charge in [-0.15, -0.1) is 0 Å². The van der Waals surface area contributed by atoms with E-state index in [1.807, 2.05) is 35.8 Å². The number of amides is 1. The summed E-state index contributed by atoms with van der Waals surface area (Å²) in [7, 11) is 1.93. The molecule has 0 spiro atoms. The Morgan fingerprint density at radius 1 is 1.30 bits per heavy atom. The summed E-state index contributed by atoms with van der Waals surface area (Å²) in [4.78, 5) is 14.8. The number of carbonyl (C=O) groups is 1. The van der Waals surface area contributed by atoms with E-state index in [4.69, 9.17) is 0 Å². The van der Waals surface area contributed by atoms with Crippen molar-refractivity contribution in [2.45, 2.75) is 26.3 Å². The van der Waals surface area contributed by atoms with Gasteiger partial charge >= 0.3 is 0 Å². The van der Waals surface area contributed by atoms with Crippen molar-refractivity contribution in [2.24, 2.45) is 7.05 Å². The minimum atomic E-state index is 0.0471. The maximum absolute atomic E-state index is 12.9. The number of imidazole rings is 1. The third-order valence-electron chi connectivity index (χ3n) is 4.61. The molecule has 0 N–H and O–H groups in total. The van der Waals surface area contributed by atoms with E-state index >= 15 is 0 Å². The second-order valence-electron chi connectivity index (χ2n) is 6.30. The van der Waals surface area contributed by atoms with E-state index in [1.54, 1.807) is 10.7 Å². The lowest BCUT2D eigenvalue weighted by Crippen LogP contribution is -2.29. The van der Waals surface area contributed by atoms with Gasteiger partial charge in [0.25, 0.3) is 5.91 Å². The standard InChI is InChI=1S/C16H20N6O/c1-11-8-12(2)22(18-11)13-4-5-20(10-13)16(23)14-9-17-21-7-6-19(3)15(14)21/h6-9,13H,4-5,10H2,1-3H3. The molecular weight excluding hydrogens is 292 g/mol. The van der Waals surface area contributed by atoms with Crippen LogP contribution in [-0.2, 0) is 7.05 Å². The average Bonchev–Trinajstić information content (AvgIpc) is 3.25. The minimum absolute atomic E-state index is 0.0471. The molecule has 1 amide bonds. The van der Waals surface area contributed by atoms with Crippen molar-refractivity contribution in [1.29, 1.82) is 0 Å². The van der Waals surface area contributed by atoms with Gasteiger partial charge in [0.15, 0.2) is 0 Å². The Morgan fingerprint density at radius 2 is 2.13 bits per heavy atom. The highest BCUT2D eigenvalue weighted by atomic mass is 16.2. The molecule has 1 fully saturated rings. The Labute approximate surface area is 134 Å². The molecule has 23 heavy (non-hydrogen) atoms. The molecule has 0 bridgehead atoms. The number of hydrogen-bond acceptors (Lipinski definition) is 3. The van der Waals surface area contributed by atoms with Gasteiger partial charge in [-0.25, -0.2) is 4.52 Å². The monoisotopic (exact) mass is 312 g/mol. The maximum Gasteiger partial charge on any atom is 0.259 e. The fourth-order valence-corrected chi connectivity index (χ4v) is 3.51. The number of hydrogen-bond donors (Lipinski definition) is 0. The van der Waals surface area contributed by atoms with Gasteiger partial charge in [-0.1, -0.05) is 0 Å². The van der Waals surface area contributed by atoms with Crippen LogP contribution in [0.5, 0.6) is 0 Å². The smallest absolute Gasteiger partial charge is 0.259 e. The number of rotatable bonds is 2. The van der Waals surface area contributed by atoms with E-state index < -0.39 is 0 Å². The lowest BCUT2D eigenvalue weighted by molar-refractivity contribution is 0.0788. The van der Waals surface area contributed by atoms with E-state index in [-0.39, 0.29) is 11.9 Å². The molecule has 7 nitrogen and oxygen atoms in total. The molecule has 1 aliphatic heterocycles. The molecule has 3 aromatic rings. The van der Waals surface area contributed by atoms with Crippen LogP contribution in [0.4, 0.5) is 0 Å². The molecule has 1 atom stereocenters. The zero-order valence-corrected chi connectivity index (χ0v) is 13.6. The normalized spacial score (nSPS) is 18.2. The molecule has 7 heteroatoms. The molecule has 0 aliphatic carbocycles. The summed E-state index contributed by atoms with van der Waals surface area (Å²) >= 11 is 0. The number of likely N-dealkylation sites (tertiary alicyclic amines) is 1.